The Bertz CT molecular complexity index is 504. The standard InChI is InChI=1S/C14H18N2O4/c1-9(6-13(17)18)7-16-14(19)12-8-15-10-4-2-3-5-11(10)20-12/h2-5,9,12,15H,6-8H2,1H3,(H,16,19)(H,17,18). The van der Waals surface area contributed by atoms with E-state index in [0.717, 1.165) is 5.69 Å². The number of hydrogen-bond donors (Lipinski definition) is 3. The Labute approximate surface area is 117 Å². The minimum absolute atomic E-state index is 0.0346. The third-order valence-corrected chi connectivity index (χ3v) is 3.07. The Kier molecular flexibility index (Phi) is 4.45. The van der Waals surface area contributed by atoms with E-state index in [0.29, 0.717) is 18.8 Å². The number of carbonyl (C=O) groups excluding carboxylic acids is 1. The average molecular weight is 278 g/mol. The molecular weight excluding hydrogens is 260 g/mol. The number of ether oxygens (including phenoxy) is 1. The number of benzene rings is 1. The molecule has 1 aliphatic rings. The number of hydrogen-bond acceptors (Lipinski definition) is 4. The number of aliphatic carboxylic acids is 1. The monoisotopic (exact) mass is 278 g/mol. The molecule has 0 saturated carbocycles. The second-order valence-corrected chi connectivity index (χ2v) is 4.93. The van der Waals surface area contributed by atoms with E-state index in [1.165, 1.54) is 0 Å². The topological polar surface area (TPSA) is 87.7 Å². The highest BCUT2D eigenvalue weighted by atomic mass is 16.5. The summed E-state index contributed by atoms with van der Waals surface area (Å²) >= 11 is 0. The van der Waals surface area contributed by atoms with Gasteiger partial charge in [-0.05, 0) is 18.1 Å². The van der Waals surface area contributed by atoms with Crippen molar-refractivity contribution < 1.29 is 19.4 Å². The fraction of sp³-hybridized carbons (Fsp3) is 0.429. The number of rotatable bonds is 5. The lowest BCUT2D eigenvalue weighted by molar-refractivity contribution is -0.138. The molecule has 0 spiro atoms. The molecule has 0 aromatic heterocycles. The van der Waals surface area contributed by atoms with E-state index < -0.39 is 12.1 Å². The molecule has 0 aliphatic carbocycles. The van der Waals surface area contributed by atoms with Gasteiger partial charge < -0.3 is 20.5 Å². The molecule has 6 heteroatoms. The van der Waals surface area contributed by atoms with Gasteiger partial charge >= 0.3 is 5.97 Å². The minimum Gasteiger partial charge on any atom is -0.481 e. The lowest BCUT2D eigenvalue weighted by Crippen LogP contribution is -2.45. The molecule has 1 amide bonds. The van der Waals surface area contributed by atoms with E-state index in [4.69, 9.17) is 9.84 Å². The molecule has 1 heterocycles. The molecule has 1 aromatic rings. The predicted molar refractivity (Wildman–Crippen MR) is 73.8 cm³/mol. The van der Waals surface area contributed by atoms with Crippen molar-refractivity contribution in [3.05, 3.63) is 24.3 Å². The maximum absolute atomic E-state index is 12.0. The third kappa shape index (κ3) is 3.63. The first-order chi connectivity index (χ1) is 9.56. The molecule has 0 saturated heterocycles. The van der Waals surface area contributed by atoms with E-state index in [9.17, 15) is 9.59 Å². The number of nitrogens with one attached hydrogen (secondary N) is 2. The molecule has 2 rings (SSSR count). The molecule has 0 radical (unpaired) electrons. The number of para-hydroxylation sites is 2. The van der Waals surface area contributed by atoms with Crippen LogP contribution in [-0.4, -0.2) is 36.2 Å². The molecule has 0 fully saturated rings. The number of anilines is 1. The van der Waals surface area contributed by atoms with Gasteiger partial charge in [-0.15, -0.1) is 0 Å². The zero-order valence-electron chi connectivity index (χ0n) is 11.3. The van der Waals surface area contributed by atoms with Crippen molar-refractivity contribution >= 4 is 17.6 Å². The number of carboxylic acid groups (broad SMARTS) is 1. The molecule has 1 aliphatic heterocycles. The lowest BCUT2D eigenvalue weighted by Gasteiger charge is -2.26. The Morgan fingerprint density at radius 1 is 1.50 bits per heavy atom. The number of amides is 1. The summed E-state index contributed by atoms with van der Waals surface area (Å²) in [6.07, 6.45) is -0.561. The summed E-state index contributed by atoms with van der Waals surface area (Å²) in [6, 6.07) is 7.42. The quantitative estimate of drug-likeness (QED) is 0.750. The first kappa shape index (κ1) is 14.2. The second-order valence-electron chi connectivity index (χ2n) is 4.93. The van der Waals surface area contributed by atoms with Gasteiger partial charge in [0.2, 0.25) is 0 Å². The number of carboxylic acids is 1. The van der Waals surface area contributed by atoms with Gasteiger partial charge in [-0.2, -0.15) is 0 Å². The average Bonchev–Trinajstić information content (AvgIpc) is 2.43. The van der Waals surface area contributed by atoms with Crippen LogP contribution in [0.2, 0.25) is 0 Å². The van der Waals surface area contributed by atoms with Crippen LogP contribution < -0.4 is 15.4 Å². The second kappa shape index (κ2) is 6.27. The molecule has 0 bridgehead atoms. The van der Waals surface area contributed by atoms with Gasteiger partial charge in [0.15, 0.2) is 6.10 Å². The maximum atomic E-state index is 12.0. The molecule has 3 N–H and O–H groups in total. The molecule has 2 atom stereocenters. The van der Waals surface area contributed by atoms with Crippen LogP contribution in [0, 0.1) is 5.92 Å². The highest BCUT2D eigenvalue weighted by molar-refractivity contribution is 5.83. The minimum atomic E-state index is -0.865. The van der Waals surface area contributed by atoms with Crippen molar-refractivity contribution in [1.82, 2.24) is 5.32 Å². The SMILES string of the molecule is CC(CNC(=O)C1CNc2ccccc2O1)CC(=O)O. The first-order valence-electron chi connectivity index (χ1n) is 6.55. The van der Waals surface area contributed by atoms with E-state index in [1.807, 2.05) is 18.2 Å². The van der Waals surface area contributed by atoms with Gasteiger partial charge in [-0.3, -0.25) is 9.59 Å². The summed E-state index contributed by atoms with van der Waals surface area (Å²) in [5.74, 6) is -0.557. The zero-order valence-corrected chi connectivity index (χ0v) is 11.3. The lowest BCUT2D eigenvalue weighted by atomic mass is 10.1. The van der Waals surface area contributed by atoms with E-state index in [-0.39, 0.29) is 18.2 Å². The molecule has 1 aromatic carbocycles. The summed E-state index contributed by atoms with van der Waals surface area (Å²) in [5.41, 5.74) is 0.871. The van der Waals surface area contributed by atoms with Crippen LogP contribution in [0.4, 0.5) is 5.69 Å². The Hall–Kier alpha value is -2.24. The van der Waals surface area contributed by atoms with Crippen LogP contribution in [0.15, 0.2) is 24.3 Å². The molecule has 20 heavy (non-hydrogen) atoms. The Morgan fingerprint density at radius 3 is 3.00 bits per heavy atom. The van der Waals surface area contributed by atoms with E-state index in [1.54, 1.807) is 13.0 Å². The van der Waals surface area contributed by atoms with Crippen molar-refractivity contribution in [3.8, 4) is 5.75 Å². The third-order valence-electron chi connectivity index (χ3n) is 3.07. The van der Waals surface area contributed by atoms with Gasteiger partial charge in [0, 0.05) is 13.0 Å². The normalized spacial score (nSPS) is 18.1. The van der Waals surface area contributed by atoms with Crippen LogP contribution in [0.3, 0.4) is 0 Å². The number of fused-ring (bicyclic) bond motifs is 1. The fourth-order valence-electron chi connectivity index (χ4n) is 2.02. The fourth-order valence-corrected chi connectivity index (χ4v) is 2.02. The zero-order chi connectivity index (χ0) is 14.5. The van der Waals surface area contributed by atoms with Crippen LogP contribution in [0.25, 0.3) is 0 Å². The molecule has 108 valence electrons. The van der Waals surface area contributed by atoms with E-state index in [2.05, 4.69) is 10.6 Å². The van der Waals surface area contributed by atoms with Gasteiger partial charge in [-0.1, -0.05) is 19.1 Å². The highest BCUT2D eigenvalue weighted by Crippen LogP contribution is 2.28. The maximum Gasteiger partial charge on any atom is 0.303 e. The molecular formula is C14H18N2O4. The van der Waals surface area contributed by atoms with Gasteiger partial charge in [0.05, 0.1) is 12.2 Å². The van der Waals surface area contributed by atoms with E-state index >= 15 is 0 Å². The van der Waals surface area contributed by atoms with Crippen LogP contribution in [-0.2, 0) is 9.59 Å². The summed E-state index contributed by atoms with van der Waals surface area (Å²) in [6.45, 7) is 2.51. The number of carbonyl (C=O) groups is 2. The van der Waals surface area contributed by atoms with Crippen molar-refractivity contribution in [2.24, 2.45) is 5.92 Å². The first-order valence-corrected chi connectivity index (χ1v) is 6.55. The highest BCUT2D eigenvalue weighted by Gasteiger charge is 2.25. The van der Waals surface area contributed by atoms with Crippen LogP contribution in [0.1, 0.15) is 13.3 Å². The van der Waals surface area contributed by atoms with Crippen molar-refractivity contribution in [2.45, 2.75) is 19.4 Å². The van der Waals surface area contributed by atoms with Gasteiger partial charge in [-0.25, -0.2) is 0 Å². The molecule has 6 nitrogen and oxygen atoms in total. The van der Waals surface area contributed by atoms with Crippen molar-refractivity contribution in [2.75, 3.05) is 18.4 Å². The van der Waals surface area contributed by atoms with Gasteiger partial charge in [0.1, 0.15) is 5.75 Å². The largest absolute Gasteiger partial charge is 0.481 e. The van der Waals surface area contributed by atoms with Crippen LogP contribution in [0.5, 0.6) is 5.75 Å². The van der Waals surface area contributed by atoms with Crippen molar-refractivity contribution in [3.63, 3.8) is 0 Å². The smallest absolute Gasteiger partial charge is 0.303 e. The predicted octanol–water partition coefficient (Wildman–Crippen LogP) is 1.09. The summed E-state index contributed by atoms with van der Waals surface area (Å²) < 4.78 is 5.62. The van der Waals surface area contributed by atoms with Crippen molar-refractivity contribution in [1.29, 1.82) is 0 Å². The van der Waals surface area contributed by atoms with Crippen LogP contribution >= 0.6 is 0 Å². The summed E-state index contributed by atoms with van der Waals surface area (Å²) in [5, 5.41) is 14.5. The molecule has 2 unspecified atom stereocenters. The Morgan fingerprint density at radius 2 is 2.25 bits per heavy atom. The summed E-state index contributed by atoms with van der Waals surface area (Å²) in [4.78, 5) is 22.5. The summed E-state index contributed by atoms with van der Waals surface area (Å²) in [7, 11) is 0. The Balaban J connectivity index is 1.84. The van der Waals surface area contributed by atoms with Gasteiger partial charge in [0.25, 0.3) is 5.91 Å².